The molecular formula is C21H16F2IN3O3S3. The molecule has 4 rings (SSSR count). The van der Waals surface area contributed by atoms with E-state index < -0.39 is 21.5 Å². The van der Waals surface area contributed by atoms with E-state index in [9.17, 15) is 22.0 Å². The van der Waals surface area contributed by atoms with Gasteiger partial charge in [-0.15, -0.1) is 0 Å². The van der Waals surface area contributed by atoms with Crippen LogP contribution in [0.2, 0.25) is 0 Å². The zero-order valence-corrected chi connectivity index (χ0v) is 21.5. The van der Waals surface area contributed by atoms with E-state index in [-0.39, 0.29) is 33.4 Å². The summed E-state index contributed by atoms with van der Waals surface area (Å²) in [5.74, 6) is -2.00. The molecule has 0 fully saturated rings. The van der Waals surface area contributed by atoms with E-state index in [1.165, 1.54) is 28.8 Å². The molecule has 0 aliphatic rings. The Morgan fingerprint density at radius 3 is 2.55 bits per heavy atom. The number of aryl methyl sites for hydroxylation is 1. The number of thioether (sulfide) groups is 1. The maximum Gasteiger partial charge on any atom is 0.309 e. The van der Waals surface area contributed by atoms with Gasteiger partial charge in [-0.05, 0) is 18.2 Å². The zero-order chi connectivity index (χ0) is 23.6. The lowest BCUT2D eigenvalue weighted by Gasteiger charge is -2.08. The molecule has 12 heteroatoms. The van der Waals surface area contributed by atoms with Gasteiger partial charge in [-0.25, -0.2) is 27.2 Å². The minimum atomic E-state index is -3.59. The molecule has 172 valence electrons. The molecule has 2 aromatic heterocycles. The van der Waals surface area contributed by atoms with Crippen molar-refractivity contribution in [2.75, 3.05) is 5.75 Å². The molecule has 0 bridgehead atoms. The standard InChI is InChI=1S/C21H16F2IN3O3S3/c22-15-8-4-5-13(17(15)23)12-31-20-25-16(11-24)18-19(26-20)27(21(28)32-18)9-10-33(29,30)14-6-2-1-3-7-14/h1-8H,9-12H2. The van der Waals surface area contributed by atoms with Gasteiger partial charge in [-0.1, -0.05) is 76.0 Å². The second-order valence-corrected chi connectivity index (χ2v) is 11.7. The Balaban J connectivity index is 1.64. The van der Waals surface area contributed by atoms with E-state index in [0.29, 0.717) is 25.6 Å². The van der Waals surface area contributed by atoms with Gasteiger partial charge in [0.2, 0.25) is 0 Å². The number of nitrogens with zero attached hydrogens (tertiary/aromatic N) is 3. The Morgan fingerprint density at radius 1 is 1.06 bits per heavy atom. The van der Waals surface area contributed by atoms with Crippen LogP contribution in [0.1, 0.15) is 11.3 Å². The number of alkyl halides is 1. The number of hydrogen-bond donors (Lipinski definition) is 0. The van der Waals surface area contributed by atoms with Crippen LogP contribution in [0.15, 0.2) is 63.4 Å². The first-order chi connectivity index (χ1) is 15.8. The van der Waals surface area contributed by atoms with Crippen LogP contribution in [0.5, 0.6) is 0 Å². The van der Waals surface area contributed by atoms with Crippen molar-refractivity contribution >= 4 is 65.9 Å². The van der Waals surface area contributed by atoms with Crippen molar-refractivity contribution in [1.29, 1.82) is 0 Å². The fraction of sp³-hybridized carbons (Fsp3) is 0.190. The topological polar surface area (TPSA) is 81.9 Å². The van der Waals surface area contributed by atoms with Gasteiger partial charge >= 0.3 is 4.87 Å². The Bertz CT molecular complexity index is 1470. The molecule has 2 aromatic carbocycles. The molecule has 0 saturated heterocycles. The minimum Gasteiger partial charge on any atom is -0.282 e. The number of rotatable bonds is 8. The molecule has 0 amide bonds. The van der Waals surface area contributed by atoms with Crippen molar-refractivity contribution < 1.29 is 17.2 Å². The van der Waals surface area contributed by atoms with Crippen molar-refractivity contribution in [3.8, 4) is 0 Å². The lowest BCUT2D eigenvalue weighted by atomic mass is 10.2. The van der Waals surface area contributed by atoms with E-state index in [4.69, 9.17) is 0 Å². The summed E-state index contributed by atoms with van der Waals surface area (Å²) in [4.78, 5) is 21.4. The van der Waals surface area contributed by atoms with Crippen LogP contribution in [0.25, 0.3) is 10.3 Å². The molecule has 6 nitrogen and oxygen atoms in total. The van der Waals surface area contributed by atoms with Crippen molar-refractivity contribution in [1.82, 2.24) is 14.5 Å². The van der Waals surface area contributed by atoms with Crippen molar-refractivity contribution in [2.24, 2.45) is 0 Å². The van der Waals surface area contributed by atoms with E-state index in [1.807, 2.05) is 0 Å². The molecule has 0 atom stereocenters. The molecule has 2 heterocycles. The summed E-state index contributed by atoms with van der Waals surface area (Å²) in [6.45, 7) is -0.0591. The second-order valence-electron chi connectivity index (χ2n) is 6.89. The van der Waals surface area contributed by atoms with Gasteiger partial charge in [0.05, 0.1) is 21.0 Å². The SMILES string of the molecule is O=c1sc2c(CI)nc(SCc3cccc(F)c3F)nc2n1CCS(=O)(=O)c1ccccc1. The monoisotopic (exact) mass is 619 g/mol. The normalized spacial score (nSPS) is 11.8. The van der Waals surface area contributed by atoms with E-state index in [2.05, 4.69) is 32.6 Å². The number of hydrogen-bond acceptors (Lipinski definition) is 7. The van der Waals surface area contributed by atoms with Gasteiger partial charge in [0.25, 0.3) is 0 Å². The van der Waals surface area contributed by atoms with E-state index in [0.717, 1.165) is 29.2 Å². The van der Waals surface area contributed by atoms with E-state index in [1.54, 1.807) is 18.2 Å². The summed E-state index contributed by atoms with van der Waals surface area (Å²) in [5.41, 5.74) is 1.16. The van der Waals surface area contributed by atoms with Gasteiger partial charge in [0.15, 0.2) is 32.3 Å². The molecule has 4 aromatic rings. The Hall–Kier alpha value is -1.90. The van der Waals surface area contributed by atoms with Crippen LogP contribution >= 0.6 is 45.7 Å². The fourth-order valence-corrected chi connectivity index (χ4v) is 6.91. The molecule has 0 saturated carbocycles. The number of aromatic nitrogens is 3. The van der Waals surface area contributed by atoms with Crippen LogP contribution in [0.4, 0.5) is 8.78 Å². The number of fused-ring (bicyclic) bond motifs is 1. The summed E-state index contributed by atoms with van der Waals surface area (Å²) in [6, 6.07) is 12.0. The Labute approximate surface area is 210 Å². The third kappa shape index (κ3) is 5.28. The van der Waals surface area contributed by atoms with Gasteiger partial charge in [0.1, 0.15) is 0 Å². The largest absolute Gasteiger partial charge is 0.309 e. The highest BCUT2D eigenvalue weighted by molar-refractivity contribution is 14.1. The molecule has 0 N–H and O–H groups in total. The van der Waals surface area contributed by atoms with Crippen molar-refractivity contribution in [2.45, 2.75) is 26.8 Å². The quantitative estimate of drug-likeness (QED) is 0.122. The van der Waals surface area contributed by atoms with Gasteiger partial charge in [-0.2, -0.15) is 0 Å². The molecule has 0 aliphatic heterocycles. The first kappa shape index (κ1) is 24.2. The van der Waals surface area contributed by atoms with Crippen LogP contribution < -0.4 is 4.87 Å². The molecule has 0 unspecified atom stereocenters. The number of benzene rings is 2. The highest BCUT2D eigenvalue weighted by Crippen LogP contribution is 2.28. The maximum atomic E-state index is 14.0. The summed E-state index contributed by atoms with van der Waals surface area (Å²) < 4.78 is 55.2. The zero-order valence-electron chi connectivity index (χ0n) is 16.9. The summed E-state index contributed by atoms with van der Waals surface area (Å²) in [7, 11) is -3.59. The first-order valence-electron chi connectivity index (χ1n) is 9.60. The van der Waals surface area contributed by atoms with Gasteiger partial charge in [-0.3, -0.25) is 9.36 Å². The van der Waals surface area contributed by atoms with Gasteiger partial charge in [0, 0.05) is 22.3 Å². The van der Waals surface area contributed by atoms with Crippen LogP contribution in [-0.4, -0.2) is 28.7 Å². The molecule has 0 spiro atoms. The lowest BCUT2D eigenvalue weighted by molar-refractivity contribution is 0.502. The predicted molar refractivity (Wildman–Crippen MR) is 134 cm³/mol. The molecule has 0 aliphatic carbocycles. The third-order valence-electron chi connectivity index (χ3n) is 4.76. The highest BCUT2D eigenvalue weighted by Gasteiger charge is 2.20. The smallest absolute Gasteiger partial charge is 0.282 e. The molecule has 33 heavy (non-hydrogen) atoms. The summed E-state index contributed by atoms with van der Waals surface area (Å²) in [5, 5.41) is 0.301. The Kier molecular flexibility index (Phi) is 7.46. The number of thiazole rings is 1. The van der Waals surface area contributed by atoms with Crippen LogP contribution in [-0.2, 0) is 26.6 Å². The molecular weight excluding hydrogens is 603 g/mol. The van der Waals surface area contributed by atoms with Crippen LogP contribution in [0, 0.1) is 11.6 Å². The number of halogens is 3. The minimum absolute atomic E-state index is 0.0591. The third-order valence-corrected chi connectivity index (χ3v) is 9.11. The average Bonchev–Trinajstić information content (AvgIpc) is 3.13. The highest BCUT2D eigenvalue weighted by atomic mass is 127. The summed E-state index contributed by atoms with van der Waals surface area (Å²) in [6.07, 6.45) is 0. The van der Waals surface area contributed by atoms with Gasteiger partial charge < -0.3 is 0 Å². The lowest BCUT2D eigenvalue weighted by Crippen LogP contribution is -2.20. The maximum absolute atomic E-state index is 14.0. The number of sulfone groups is 1. The second kappa shape index (κ2) is 10.2. The first-order valence-corrected chi connectivity index (χ1v) is 14.6. The van der Waals surface area contributed by atoms with Crippen molar-refractivity contribution in [3.63, 3.8) is 0 Å². The van der Waals surface area contributed by atoms with Crippen molar-refractivity contribution in [3.05, 3.63) is 81.1 Å². The van der Waals surface area contributed by atoms with Crippen LogP contribution in [0.3, 0.4) is 0 Å². The van der Waals surface area contributed by atoms with E-state index >= 15 is 0 Å². The summed E-state index contributed by atoms with van der Waals surface area (Å²) >= 11 is 4.21. The molecule has 0 radical (unpaired) electrons. The Morgan fingerprint density at radius 2 is 1.82 bits per heavy atom. The predicted octanol–water partition coefficient (Wildman–Crippen LogP) is 4.83. The fourth-order valence-electron chi connectivity index (χ4n) is 3.09. The average molecular weight is 619 g/mol.